The summed E-state index contributed by atoms with van der Waals surface area (Å²) in [4.78, 5) is 14.2. The third kappa shape index (κ3) is 3.92. The number of nitrogens with zero attached hydrogens (tertiary/aromatic N) is 4. The smallest absolute Gasteiger partial charge is 0.233 e. The molecule has 2 heterocycles. The third-order valence-corrected chi connectivity index (χ3v) is 5.39. The number of carbonyl (C=O) groups is 1. The second-order valence-corrected chi connectivity index (χ2v) is 7.35. The van der Waals surface area contributed by atoms with Gasteiger partial charge in [-0.3, -0.25) is 9.20 Å². The van der Waals surface area contributed by atoms with Crippen LogP contribution in [0.3, 0.4) is 0 Å². The third-order valence-electron chi connectivity index (χ3n) is 3.98. The molecule has 0 spiro atoms. The zero-order valence-electron chi connectivity index (χ0n) is 13.7. The van der Waals surface area contributed by atoms with Crippen LogP contribution in [0, 0.1) is 0 Å². The lowest BCUT2D eigenvalue weighted by Gasteiger charge is -2.25. The van der Waals surface area contributed by atoms with E-state index in [4.69, 9.17) is 23.2 Å². The summed E-state index contributed by atoms with van der Waals surface area (Å²) >= 11 is 13.4. The molecule has 0 radical (unpaired) electrons. The SMILES string of the molecule is CC(c1ccccc1)N(C)C(=O)CSc1nnc2c(Cl)cc(Cl)cn12. The lowest BCUT2D eigenvalue weighted by Crippen LogP contribution is -2.31. The molecule has 3 aromatic rings. The first-order valence-corrected chi connectivity index (χ1v) is 9.34. The predicted octanol–water partition coefficient (Wildman–Crippen LogP) is 4.35. The van der Waals surface area contributed by atoms with E-state index in [1.165, 1.54) is 11.8 Å². The van der Waals surface area contributed by atoms with Crippen molar-refractivity contribution in [1.82, 2.24) is 19.5 Å². The maximum absolute atomic E-state index is 12.5. The molecule has 2 aromatic heterocycles. The lowest BCUT2D eigenvalue weighted by atomic mass is 10.1. The maximum Gasteiger partial charge on any atom is 0.233 e. The molecule has 0 aliphatic carbocycles. The van der Waals surface area contributed by atoms with E-state index in [1.54, 1.807) is 28.6 Å². The number of rotatable bonds is 5. The number of pyridine rings is 1. The van der Waals surface area contributed by atoms with Crippen LogP contribution in [0.5, 0.6) is 0 Å². The van der Waals surface area contributed by atoms with E-state index in [0.29, 0.717) is 20.8 Å². The molecule has 8 heteroatoms. The van der Waals surface area contributed by atoms with E-state index in [-0.39, 0.29) is 17.7 Å². The number of aromatic nitrogens is 3. The molecule has 1 atom stereocenters. The Bertz CT molecular complexity index is 900. The molecule has 1 unspecified atom stereocenters. The molecule has 5 nitrogen and oxygen atoms in total. The first kappa shape index (κ1) is 18.0. The molecule has 0 bridgehead atoms. The Morgan fingerprint density at radius 1 is 1.28 bits per heavy atom. The number of fused-ring (bicyclic) bond motifs is 1. The summed E-state index contributed by atoms with van der Waals surface area (Å²) in [6.07, 6.45) is 1.69. The van der Waals surface area contributed by atoms with Crippen LogP contribution in [0.1, 0.15) is 18.5 Å². The number of carbonyl (C=O) groups excluding carboxylic acids is 1. The average Bonchev–Trinajstić information content (AvgIpc) is 3.02. The Labute approximate surface area is 159 Å². The fraction of sp³-hybridized carbons (Fsp3) is 0.235. The molecular formula is C17H16Cl2N4OS. The molecule has 25 heavy (non-hydrogen) atoms. The quantitative estimate of drug-likeness (QED) is 0.603. The van der Waals surface area contributed by atoms with Gasteiger partial charge in [0.2, 0.25) is 5.91 Å². The number of halogens is 2. The van der Waals surface area contributed by atoms with E-state index in [0.717, 1.165) is 5.56 Å². The van der Waals surface area contributed by atoms with E-state index in [2.05, 4.69) is 10.2 Å². The van der Waals surface area contributed by atoms with Gasteiger partial charge in [0.25, 0.3) is 0 Å². The van der Waals surface area contributed by atoms with Gasteiger partial charge in [0.1, 0.15) is 0 Å². The van der Waals surface area contributed by atoms with Crippen LogP contribution in [0.15, 0.2) is 47.8 Å². The summed E-state index contributed by atoms with van der Waals surface area (Å²) in [5.41, 5.74) is 1.61. The van der Waals surface area contributed by atoms with Gasteiger partial charge in [0.15, 0.2) is 10.8 Å². The number of hydrogen-bond donors (Lipinski definition) is 0. The topological polar surface area (TPSA) is 50.5 Å². The van der Waals surface area contributed by atoms with E-state index in [1.807, 2.05) is 37.3 Å². The number of amides is 1. The zero-order chi connectivity index (χ0) is 18.0. The van der Waals surface area contributed by atoms with Crippen molar-refractivity contribution in [1.29, 1.82) is 0 Å². The second-order valence-electron chi connectivity index (χ2n) is 5.56. The largest absolute Gasteiger partial charge is 0.338 e. The van der Waals surface area contributed by atoms with Crippen LogP contribution in [0.25, 0.3) is 5.65 Å². The molecule has 1 aromatic carbocycles. The highest BCUT2D eigenvalue weighted by atomic mass is 35.5. The molecule has 1 amide bonds. The van der Waals surface area contributed by atoms with Crippen molar-refractivity contribution in [3.8, 4) is 0 Å². The van der Waals surface area contributed by atoms with Crippen LogP contribution in [-0.2, 0) is 4.79 Å². The van der Waals surface area contributed by atoms with Gasteiger partial charge in [0.05, 0.1) is 21.8 Å². The zero-order valence-corrected chi connectivity index (χ0v) is 16.0. The van der Waals surface area contributed by atoms with Gasteiger partial charge in [-0.1, -0.05) is 65.3 Å². The molecular weight excluding hydrogens is 379 g/mol. The average molecular weight is 395 g/mol. The molecule has 3 rings (SSSR count). The second kappa shape index (κ2) is 7.64. The first-order chi connectivity index (χ1) is 12.0. The van der Waals surface area contributed by atoms with Crippen LogP contribution in [0.4, 0.5) is 0 Å². The van der Waals surface area contributed by atoms with Gasteiger partial charge in [-0.25, -0.2) is 0 Å². The summed E-state index contributed by atoms with van der Waals surface area (Å²) in [5, 5.41) is 9.62. The van der Waals surface area contributed by atoms with E-state index < -0.39 is 0 Å². The molecule has 0 saturated heterocycles. The predicted molar refractivity (Wildman–Crippen MR) is 101 cm³/mol. The fourth-order valence-corrected chi connectivity index (χ4v) is 3.74. The first-order valence-electron chi connectivity index (χ1n) is 7.60. The number of hydrogen-bond acceptors (Lipinski definition) is 4. The van der Waals surface area contributed by atoms with Crippen molar-refractivity contribution in [3.05, 3.63) is 58.2 Å². The molecule has 0 saturated carbocycles. The van der Waals surface area contributed by atoms with Crippen molar-refractivity contribution in [3.63, 3.8) is 0 Å². The summed E-state index contributed by atoms with van der Waals surface area (Å²) < 4.78 is 1.70. The van der Waals surface area contributed by atoms with Crippen LogP contribution in [-0.4, -0.2) is 38.2 Å². The monoisotopic (exact) mass is 394 g/mol. The van der Waals surface area contributed by atoms with Gasteiger partial charge >= 0.3 is 0 Å². The minimum atomic E-state index is -0.00617. The van der Waals surface area contributed by atoms with Crippen molar-refractivity contribution in [2.75, 3.05) is 12.8 Å². The van der Waals surface area contributed by atoms with Gasteiger partial charge in [-0.2, -0.15) is 0 Å². The Kier molecular flexibility index (Phi) is 5.51. The molecule has 0 fully saturated rings. The van der Waals surface area contributed by atoms with Gasteiger partial charge in [-0.15, -0.1) is 10.2 Å². The van der Waals surface area contributed by atoms with Crippen LogP contribution in [0.2, 0.25) is 10.0 Å². The Morgan fingerprint density at radius 3 is 2.72 bits per heavy atom. The Hall–Kier alpha value is -1.76. The fourth-order valence-electron chi connectivity index (χ4n) is 2.40. The lowest BCUT2D eigenvalue weighted by molar-refractivity contribution is -0.128. The van der Waals surface area contributed by atoms with Crippen molar-refractivity contribution in [2.24, 2.45) is 0 Å². The molecule has 130 valence electrons. The van der Waals surface area contributed by atoms with Crippen molar-refractivity contribution < 1.29 is 4.79 Å². The summed E-state index contributed by atoms with van der Waals surface area (Å²) in [6.45, 7) is 2.00. The van der Waals surface area contributed by atoms with Gasteiger partial charge < -0.3 is 4.90 Å². The highest BCUT2D eigenvalue weighted by Crippen LogP contribution is 2.26. The highest BCUT2D eigenvalue weighted by molar-refractivity contribution is 7.99. The standard InChI is InChI=1S/C17H16Cl2N4OS/c1-11(12-6-4-3-5-7-12)22(2)15(24)10-25-17-21-20-16-14(19)8-13(18)9-23(16)17/h3-9,11H,10H2,1-2H3. The van der Waals surface area contributed by atoms with Crippen LogP contribution < -0.4 is 0 Å². The maximum atomic E-state index is 12.5. The van der Waals surface area contributed by atoms with E-state index >= 15 is 0 Å². The summed E-state index contributed by atoms with van der Waals surface area (Å²) in [7, 11) is 1.80. The number of benzene rings is 1. The van der Waals surface area contributed by atoms with Crippen molar-refractivity contribution in [2.45, 2.75) is 18.1 Å². The number of thioether (sulfide) groups is 1. The summed E-state index contributed by atoms with van der Waals surface area (Å²) in [5.74, 6) is 0.254. The Morgan fingerprint density at radius 2 is 2.00 bits per heavy atom. The van der Waals surface area contributed by atoms with Gasteiger partial charge in [-0.05, 0) is 18.6 Å². The minimum absolute atomic E-state index is 0.00577. The summed E-state index contributed by atoms with van der Waals surface area (Å²) in [6, 6.07) is 11.5. The molecule has 0 aliphatic rings. The minimum Gasteiger partial charge on any atom is -0.338 e. The van der Waals surface area contributed by atoms with Crippen molar-refractivity contribution >= 4 is 46.5 Å². The van der Waals surface area contributed by atoms with E-state index in [9.17, 15) is 4.79 Å². The highest BCUT2D eigenvalue weighted by Gasteiger charge is 2.19. The normalized spacial score (nSPS) is 12.3. The Balaban J connectivity index is 1.70. The molecule has 0 N–H and O–H groups in total. The van der Waals surface area contributed by atoms with Gasteiger partial charge in [0, 0.05) is 13.2 Å². The van der Waals surface area contributed by atoms with Crippen LogP contribution >= 0.6 is 35.0 Å². The molecule has 0 aliphatic heterocycles.